The third-order valence-corrected chi connectivity index (χ3v) is 6.08. The highest BCUT2D eigenvalue weighted by molar-refractivity contribution is 5.95. The molecule has 2 aromatic rings. The van der Waals surface area contributed by atoms with Crippen LogP contribution in [0.25, 0.3) is 0 Å². The van der Waals surface area contributed by atoms with Gasteiger partial charge in [0, 0.05) is 25.8 Å². The van der Waals surface area contributed by atoms with Crippen LogP contribution in [0, 0.1) is 0 Å². The van der Waals surface area contributed by atoms with Gasteiger partial charge in [-0.25, -0.2) is 4.79 Å². The van der Waals surface area contributed by atoms with Crippen LogP contribution in [-0.4, -0.2) is 68.0 Å². The molecule has 0 aromatic heterocycles. The highest BCUT2D eigenvalue weighted by Gasteiger charge is 2.37. The second kappa shape index (κ2) is 12.5. The van der Waals surface area contributed by atoms with Gasteiger partial charge >= 0.3 is 11.9 Å². The lowest BCUT2D eigenvalue weighted by Gasteiger charge is -2.33. The average Bonchev–Trinajstić information content (AvgIpc) is 3.31. The van der Waals surface area contributed by atoms with Gasteiger partial charge in [0.25, 0.3) is 0 Å². The number of aromatic hydroxyl groups is 1. The third-order valence-electron chi connectivity index (χ3n) is 6.08. The minimum Gasteiger partial charge on any atom is -0.508 e. The number of amides is 3. The van der Waals surface area contributed by atoms with Crippen LogP contribution in [0.5, 0.6) is 5.75 Å². The maximum atomic E-state index is 13.8. The minimum atomic E-state index is -1.35. The predicted molar refractivity (Wildman–Crippen MR) is 130 cm³/mol. The summed E-state index contributed by atoms with van der Waals surface area (Å²) in [7, 11) is 0. The van der Waals surface area contributed by atoms with Crippen molar-refractivity contribution in [1.29, 1.82) is 0 Å². The maximum absolute atomic E-state index is 13.8. The number of hydrogen-bond donors (Lipinski definition) is 5. The Morgan fingerprint density at radius 2 is 1.68 bits per heavy atom. The first-order valence-electron chi connectivity index (χ1n) is 11.8. The molecule has 0 radical (unpaired) electrons. The molecule has 0 saturated carbocycles. The second-order valence-corrected chi connectivity index (χ2v) is 8.83. The number of aliphatic carboxylic acids is 2. The van der Waals surface area contributed by atoms with Gasteiger partial charge in [-0.15, -0.1) is 0 Å². The lowest BCUT2D eigenvalue weighted by atomic mass is 10.0. The Hall–Kier alpha value is -4.41. The van der Waals surface area contributed by atoms with Gasteiger partial charge in [-0.05, 0) is 36.1 Å². The van der Waals surface area contributed by atoms with Crippen molar-refractivity contribution in [2.75, 3.05) is 0 Å². The average molecular weight is 512 g/mol. The number of carboxylic acids is 2. The number of carboxylic acid groups (broad SMARTS) is 2. The fourth-order valence-corrected chi connectivity index (χ4v) is 4.12. The molecule has 1 fully saturated rings. The molecule has 3 rings (SSSR count). The van der Waals surface area contributed by atoms with E-state index in [4.69, 9.17) is 0 Å². The Morgan fingerprint density at radius 1 is 1.00 bits per heavy atom. The summed E-state index contributed by atoms with van der Waals surface area (Å²) in [6, 6.07) is 11.0. The van der Waals surface area contributed by atoms with Crippen LogP contribution in [0.3, 0.4) is 0 Å². The van der Waals surface area contributed by atoms with Gasteiger partial charge in [0.2, 0.25) is 17.7 Å². The smallest absolute Gasteiger partial charge is 0.326 e. The number of benzene rings is 2. The molecule has 3 amide bonds. The first-order chi connectivity index (χ1) is 17.6. The first kappa shape index (κ1) is 27.2. The molecule has 37 heavy (non-hydrogen) atoms. The predicted octanol–water partition coefficient (Wildman–Crippen LogP) is 1.04. The van der Waals surface area contributed by atoms with Crippen molar-refractivity contribution in [3.63, 3.8) is 0 Å². The number of hydrogen-bond acceptors (Lipinski definition) is 6. The van der Waals surface area contributed by atoms with Gasteiger partial charge in [0.1, 0.15) is 23.9 Å². The monoisotopic (exact) mass is 511 g/mol. The molecule has 3 atom stereocenters. The van der Waals surface area contributed by atoms with E-state index in [1.54, 1.807) is 42.5 Å². The van der Waals surface area contributed by atoms with Gasteiger partial charge in [0.15, 0.2) is 0 Å². The van der Waals surface area contributed by atoms with E-state index in [0.29, 0.717) is 11.1 Å². The van der Waals surface area contributed by atoms with Crippen molar-refractivity contribution < 1.29 is 39.3 Å². The quantitative estimate of drug-likeness (QED) is 0.281. The number of carbonyl (C=O) groups is 5. The molecule has 5 N–H and O–H groups in total. The lowest BCUT2D eigenvalue weighted by molar-refractivity contribution is -0.152. The molecule has 2 aromatic carbocycles. The van der Waals surface area contributed by atoms with Crippen molar-refractivity contribution in [3.8, 4) is 5.75 Å². The summed E-state index contributed by atoms with van der Waals surface area (Å²) in [6.45, 7) is -0.103. The molecule has 196 valence electrons. The van der Waals surface area contributed by atoms with E-state index in [0.717, 1.165) is 4.90 Å². The summed E-state index contributed by atoms with van der Waals surface area (Å²) in [5, 5.41) is 33.9. The van der Waals surface area contributed by atoms with Crippen molar-refractivity contribution in [3.05, 3.63) is 65.7 Å². The maximum Gasteiger partial charge on any atom is 0.326 e. The number of nitrogens with zero attached hydrogens (tertiary/aromatic N) is 1. The van der Waals surface area contributed by atoms with Gasteiger partial charge in [-0.1, -0.05) is 42.5 Å². The molecule has 11 heteroatoms. The molecule has 0 bridgehead atoms. The van der Waals surface area contributed by atoms with Gasteiger partial charge in [-0.3, -0.25) is 19.2 Å². The summed E-state index contributed by atoms with van der Waals surface area (Å²) in [4.78, 5) is 62.9. The van der Waals surface area contributed by atoms with Crippen LogP contribution >= 0.6 is 0 Å². The van der Waals surface area contributed by atoms with Crippen molar-refractivity contribution in [1.82, 2.24) is 15.5 Å². The summed E-state index contributed by atoms with van der Waals surface area (Å²) in [5.74, 6) is -4.17. The minimum absolute atomic E-state index is 0.00305. The highest BCUT2D eigenvalue weighted by atomic mass is 16.4. The summed E-state index contributed by atoms with van der Waals surface area (Å²) < 4.78 is 0. The molecule has 11 nitrogen and oxygen atoms in total. The van der Waals surface area contributed by atoms with Crippen molar-refractivity contribution in [2.24, 2.45) is 0 Å². The van der Waals surface area contributed by atoms with E-state index >= 15 is 0 Å². The molecular formula is C26H29N3O8. The highest BCUT2D eigenvalue weighted by Crippen LogP contribution is 2.19. The summed E-state index contributed by atoms with van der Waals surface area (Å²) in [6.07, 6.45) is -0.414. The topological polar surface area (TPSA) is 173 Å². The lowest BCUT2D eigenvalue weighted by Crippen LogP contribution is -2.56. The zero-order valence-electron chi connectivity index (χ0n) is 20.0. The number of phenols is 1. The Labute approximate surface area is 213 Å². The molecule has 1 aliphatic heterocycles. The van der Waals surface area contributed by atoms with Gasteiger partial charge < -0.3 is 30.9 Å². The Kier molecular flexibility index (Phi) is 9.20. The van der Waals surface area contributed by atoms with Crippen LogP contribution in [-0.2, 0) is 36.9 Å². The van der Waals surface area contributed by atoms with Gasteiger partial charge in [-0.2, -0.15) is 0 Å². The molecule has 1 unspecified atom stereocenters. The van der Waals surface area contributed by atoms with Gasteiger partial charge in [0.05, 0.1) is 0 Å². The van der Waals surface area contributed by atoms with E-state index in [1.807, 2.05) is 0 Å². The first-order valence-corrected chi connectivity index (χ1v) is 11.8. The zero-order valence-corrected chi connectivity index (χ0v) is 20.0. The van der Waals surface area contributed by atoms with Crippen LogP contribution in [0.15, 0.2) is 54.6 Å². The number of rotatable bonds is 12. The van der Waals surface area contributed by atoms with Crippen LogP contribution in [0.2, 0.25) is 0 Å². The molecule has 0 spiro atoms. The van der Waals surface area contributed by atoms with Crippen LogP contribution in [0.1, 0.15) is 36.8 Å². The van der Waals surface area contributed by atoms with E-state index in [9.17, 15) is 39.3 Å². The molecule has 0 aliphatic carbocycles. The van der Waals surface area contributed by atoms with E-state index in [-0.39, 0.29) is 43.9 Å². The Balaban J connectivity index is 1.92. The molecule has 1 aliphatic rings. The fourth-order valence-electron chi connectivity index (χ4n) is 4.12. The zero-order chi connectivity index (χ0) is 26.9. The Morgan fingerprint density at radius 3 is 2.24 bits per heavy atom. The van der Waals surface area contributed by atoms with E-state index in [2.05, 4.69) is 10.6 Å². The van der Waals surface area contributed by atoms with Crippen molar-refractivity contribution >= 4 is 29.7 Å². The van der Waals surface area contributed by atoms with Crippen molar-refractivity contribution in [2.45, 2.75) is 56.8 Å². The SMILES string of the molecule is O=C(O)CC[C@H](NC(=O)C1CCC(=O)N1)C(=O)N(Cc1ccccc1)[C@@H](Cc1ccc(O)cc1)C(=O)O. The third kappa shape index (κ3) is 7.79. The summed E-state index contributed by atoms with van der Waals surface area (Å²) >= 11 is 0. The number of carbonyl (C=O) groups excluding carboxylic acids is 3. The molecule has 1 heterocycles. The normalized spacial score (nSPS) is 16.3. The summed E-state index contributed by atoms with van der Waals surface area (Å²) in [5.41, 5.74) is 1.19. The van der Waals surface area contributed by atoms with Crippen LogP contribution in [0.4, 0.5) is 0 Å². The standard InChI is InChI=1S/C26H29N3O8/c30-18-8-6-16(7-9-18)14-21(26(36)37)29(15-17-4-2-1-3-5-17)25(35)20(11-13-23(32)33)28-24(34)19-10-12-22(31)27-19/h1-9,19-21,30H,10-15H2,(H,27,31)(H,28,34)(H,32,33)(H,36,37)/t19?,20-,21-/m0/s1. The van der Waals surface area contributed by atoms with Crippen LogP contribution < -0.4 is 10.6 Å². The van der Waals surface area contributed by atoms with E-state index < -0.39 is 48.3 Å². The number of phenolic OH excluding ortho intramolecular Hbond substituents is 1. The number of nitrogens with one attached hydrogen (secondary N) is 2. The Bertz CT molecular complexity index is 1140. The molecular weight excluding hydrogens is 482 g/mol. The fraction of sp³-hybridized carbons (Fsp3) is 0.346. The molecule has 1 saturated heterocycles. The largest absolute Gasteiger partial charge is 0.508 e. The van der Waals surface area contributed by atoms with E-state index in [1.165, 1.54) is 12.1 Å². The second-order valence-electron chi connectivity index (χ2n) is 8.83.